The molecule has 4 nitrogen and oxygen atoms in total. The van der Waals surface area contributed by atoms with E-state index in [-0.39, 0.29) is 22.7 Å². The molecule has 0 fully saturated rings. The summed E-state index contributed by atoms with van der Waals surface area (Å²) in [7, 11) is 0. The molecule has 98 valence electrons. The van der Waals surface area contributed by atoms with E-state index in [1.165, 1.54) is 18.2 Å². The molecule has 0 saturated carbocycles. The van der Waals surface area contributed by atoms with Crippen molar-refractivity contribution >= 4 is 17.3 Å². The minimum absolute atomic E-state index is 0.0399. The van der Waals surface area contributed by atoms with Crippen LogP contribution in [0.5, 0.6) is 5.75 Å². The number of phenols is 1. The summed E-state index contributed by atoms with van der Waals surface area (Å²) in [6.45, 7) is 0. The van der Waals surface area contributed by atoms with Gasteiger partial charge in [0.25, 0.3) is 5.91 Å². The molecule has 0 spiro atoms. The number of nitrogens with two attached hydrogens (primary N) is 1. The second-order valence-electron chi connectivity index (χ2n) is 3.86. The molecule has 2 aromatic rings. The van der Waals surface area contributed by atoms with Crippen LogP contribution in [0.1, 0.15) is 10.4 Å². The number of amides is 1. The topological polar surface area (TPSA) is 75.4 Å². The molecule has 0 saturated heterocycles. The Hall–Kier alpha value is -2.63. The van der Waals surface area contributed by atoms with Crippen molar-refractivity contribution in [2.45, 2.75) is 0 Å². The number of phenolic OH excluding ortho intramolecular Hbond substituents is 1. The predicted octanol–water partition coefficient (Wildman–Crippen LogP) is 2.50. The van der Waals surface area contributed by atoms with E-state index in [2.05, 4.69) is 5.32 Å². The lowest BCUT2D eigenvalue weighted by Gasteiger charge is -2.08. The van der Waals surface area contributed by atoms with E-state index in [1.807, 2.05) is 0 Å². The van der Waals surface area contributed by atoms with Crippen molar-refractivity contribution in [1.29, 1.82) is 0 Å². The van der Waals surface area contributed by atoms with Gasteiger partial charge in [-0.25, -0.2) is 8.78 Å². The summed E-state index contributed by atoms with van der Waals surface area (Å²) < 4.78 is 25.9. The number of rotatable bonds is 2. The first-order valence-electron chi connectivity index (χ1n) is 5.32. The molecule has 2 aromatic carbocycles. The van der Waals surface area contributed by atoms with Gasteiger partial charge in [-0.2, -0.15) is 0 Å². The van der Waals surface area contributed by atoms with Crippen LogP contribution in [0, 0.1) is 11.6 Å². The largest absolute Gasteiger partial charge is 0.505 e. The Morgan fingerprint density at radius 3 is 2.42 bits per heavy atom. The molecular formula is C13H10F2N2O2. The summed E-state index contributed by atoms with van der Waals surface area (Å²) in [6.07, 6.45) is 0. The fourth-order valence-corrected chi connectivity index (χ4v) is 1.57. The lowest BCUT2D eigenvalue weighted by Crippen LogP contribution is -2.13. The monoisotopic (exact) mass is 264 g/mol. The van der Waals surface area contributed by atoms with Crippen LogP contribution < -0.4 is 11.1 Å². The number of hydrogen-bond donors (Lipinski definition) is 3. The molecule has 0 aromatic heterocycles. The first-order valence-corrected chi connectivity index (χ1v) is 5.32. The Morgan fingerprint density at radius 2 is 1.79 bits per heavy atom. The lowest BCUT2D eigenvalue weighted by atomic mass is 10.1. The molecule has 0 atom stereocenters. The summed E-state index contributed by atoms with van der Waals surface area (Å²) in [4.78, 5) is 11.8. The van der Waals surface area contributed by atoms with Crippen LogP contribution >= 0.6 is 0 Å². The van der Waals surface area contributed by atoms with Gasteiger partial charge in [0.2, 0.25) is 0 Å². The van der Waals surface area contributed by atoms with Crippen LogP contribution in [-0.4, -0.2) is 11.0 Å². The molecule has 0 unspecified atom stereocenters. The molecule has 0 aliphatic carbocycles. The Morgan fingerprint density at radius 1 is 1.16 bits per heavy atom. The molecule has 19 heavy (non-hydrogen) atoms. The van der Waals surface area contributed by atoms with Crippen LogP contribution in [-0.2, 0) is 0 Å². The third kappa shape index (κ3) is 2.79. The highest BCUT2D eigenvalue weighted by Gasteiger charge is 2.13. The van der Waals surface area contributed by atoms with Crippen LogP contribution in [0.3, 0.4) is 0 Å². The number of halogens is 2. The number of benzene rings is 2. The Bertz CT molecular complexity index is 624. The van der Waals surface area contributed by atoms with Gasteiger partial charge in [0.15, 0.2) is 5.75 Å². The van der Waals surface area contributed by atoms with E-state index in [9.17, 15) is 18.7 Å². The van der Waals surface area contributed by atoms with Crippen molar-refractivity contribution in [1.82, 2.24) is 0 Å². The van der Waals surface area contributed by atoms with Gasteiger partial charge in [-0.15, -0.1) is 0 Å². The van der Waals surface area contributed by atoms with E-state index in [1.54, 1.807) is 0 Å². The molecule has 0 heterocycles. The van der Waals surface area contributed by atoms with E-state index < -0.39 is 17.5 Å². The Labute approximate surface area is 107 Å². The summed E-state index contributed by atoms with van der Waals surface area (Å²) >= 11 is 0. The predicted molar refractivity (Wildman–Crippen MR) is 66.8 cm³/mol. The van der Waals surface area contributed by atoms with Crippen molar-refractivity contribution in [3.8, 4) is 5.75 Å². The van der Waals surface area contributed by atoms with Crippen molar-refractivity contribution < 1.29 is 18.7 Å². The average Bonchev–Trinajstić information content (AvgIpc) is 2.31. The van der Waals surface area contributed by atoms with E-state index >= 15 is 0 Å². The average molecular weight is 264 g/mol. The number of hydrogen-bond acceptors (Lipinski definition) is 3. The summed E-state index contributed by atoms with van der Waals surface area (Å²) in [5, 5.41) is 11.9. The zero-order chi connectivity index (χ0) is 14.0. The summed E-state index contributed by atoms with van der Waals surface area (Å²) in [6, 6.07) is 6.86. The van der Waals surface area contributed by atoms with E-state index in [0.717, 1.165) is 12.1 Å². The first kappa shape index (κ1) is 12.8. The molecule has 0 bridgehead atoms. The number of aromatic hydroxyl groups is 1. The third-order valence-electron chi connectivity index (χ3n) is 2.43. The standard InChI is InChI=1S/C13H10F2N2O2/c14-7-4-8(15)6-9(5-7)17-13(19)10-2-1-3-11(16)12(10)18/h1-6,18H,16H2,(H,17,19). The second-order valence-corrected chi connectivity index (χ2v) is 3.86. The maximum Gasteiger partial charge on any atom is 0.259 e. The lowest BCUT2D eigenvalue weighted by molar-refractivity contribution is 0.102. The fourth-order valence-electron chi connectivity index (χ4n) is 1.57. The van der Waals surface area contributed by atoms with Crippen LogP contribution in [0.15, 0.2) is 36.4 Å². The molecular weight excluding hydrogens is 254 g/mol. The van der Waals surface area contributed by atoms with Crippen LogP contribution in [0.2, 0.25) is 0 Å². The highest BCUT2D eigenvalue weighted by Crippen LogP contribution is 2.25. The van der Waals surface area contributed by atoms with Crippen LogP contribution in [0.4, 0.5) is 20.2 Å². The molecule has 4 N–H and O–H groups in total. The van der Waals surface area contributed by atoms with Gasteiger partial charge in [-0.05, 0) is 24.3 Å². The number of carbonyl (C=O) groups excluding carboxylic acids is 1. The highest BCUT2D eigenvalue weighted by atomic mass is 19.1. The van der Waals surface area contributed by atoms with Crippen LogP contribution in [0.25, 0.3) is 0 Å². The quantitative estimate of drug-likeness (QED) is 0.576. The number of nitrogens with one attached hydrogen (secondary N) is 1. The molecule has 0 aliphatic rings. The number of carbonyl (C=O) groups is 1. The normalized spacial score (nSPS) is 10.2. The molecule has 0 radical (unpaired) electrons. The summed E-state index contributed by atoms with van der Waals surface area (Å²) in [5.41, 5.74) is 5.36. The van der Waals surface area contributed by atoms with Gasteiger partial charge in [0.1, 0.15) is 11.6 Å². The Balaban J connectivity index is 2.28. The highest BCUT2D eigenvalue weighted by molar-refractivity contribution is 6.07. The minimum Gasteiger partial charge on any atom is -0.505 e. The van der Waals surface area contributed by atoms with Gasteiger partial charge >= 0.3 is 0 Å². The van der Waals surface area contributed by atoms with Gasteiger partial charge in [0.05, 0.1) is 11.3 Å². The van der Waals surface area contributed by atoms with Gasteiger partial charge in [-0.3, -0.25) is 4.79 Å². The zero-order valence-corrected chi connectivity index (χ0v) is 9.65. The molecule has 1 amide bonds. The van der Waals surface area contributed by atoms with E-state index in [4.69, 9.17) is 5.73 Å². The fraction of sp³-hybridized carbons (Fsp3) is 0. The molecule has 0 aliphatic heterocycles. The number of para-hydroxylation sites is 1. The van der Waals surface area contributed by atoms with Gasteiger partial charge in [-0.1, -0.05) is 6.07 Å². The van der Waals surface area contributed by atoms with Crippen molar-refractivity contribution in [3.05, 3.63) is 53.6 Å². The zero-order valence-electron chi connectivity index (χ0n) is 9.65. The van der Waals surface area contributed by atoms with Crippen molar-refractivity contribution in [2.24, 2.45) is 0 Å². The van der Waals surface area contributed by atoms with E-state index in [0.29, 0.717) is 6.07 Å². The second kappa shape index (κ2) is 4.93. The SMILES string of the molecule is Nc1cccc(C(=O)Nc2cc(F)cc(F)c2)c1O. The maximum absolute atomic E-state index is 13.0. The number of anilines is 2. The molecule has 6 heteroatoms. The van der Waals surface area contributed by atoms with Crippen molar-refractivity contribution in [3.63, 3.8) is 0 Å². The van der Waals surface area contributed by atoms with Crippen molar-refractivity contribution in [2.75, 3.05) is 11.1 Å². The van der Waals surface area contributed by atoms with Gasteiger partial charge in [0, 0.05) is 11.8 Å². The molecule has 2 rings (SSSR count). The maximum atomic E-state index is 13.0. The summed E-state index contributed by atoms with van der Waals surface area (Å²) in [5.74, 6) is -2.72. The number of nitrogen functional groups attached to an aromatic ring is 1. The third-order valence-corrected chi connectivity index (χ3v) is 2.43. The Kier molecular flexibility index (Phi) is 3.33. The first-order chi connectivity index (χ1) is 8.97. The smallest absolute Gasteiger partial charge is 0.259 e. The van der Waals surface area contributed by atoms with Gasteiger partial charge < -0.3 is 16.2 Å². The minimum atomic E-state index is -0.813.